The van der Waals surface area contributed by atoms with Crippen LogP contribution in [0.1, 0.15) is 30.9 Å². The fraction of sp³-hybridized carbons (Fsp3) is 0.154. The smallest absolute Gasteiger partial charge is 0.368 e. The molecule has 0 fully saturated rings. The Morgan fingerprint density at radius 3 is 2.23 bits per heavy atom. The molecule has 0 atom stereocenters. The van der Waals surface area contributed by atoms with Crippen LogP contribution < -0.4 is 4.74 Å². The van der Waals surface area contributed by atoms with Crippen molar-refractivity contribution in [2.45, 2.75) is 19.8 Å². The highest BCUT2D eigenvalue weighted by Gasteiger charge is 2.26. The van der Waals surface area contributed by atoms with E-state index in [1.807, 2.05) is 66.7 Å². The summed E-state index contributed by atoms with van der Waals surface area (Å²) in [5, 5.41) is 4.01. The van der Waals surface area contributed by atoms with Gasteiger partial charge in [-0.05, 0) is 41.3 Å². The third kappa shape index (κ3) is 4.49. The molecule has 4 heteroatoms. The van der Waals surface area contributed by atoms with Gasteiger partial charge in [-0.3, -0.25) is 0 Å². The van der Waals surface area contributed by atoms with Crippen LogP contribution >= 0.6 is 0 Å². The molecule has 30 heavy (non-hydrogen) atoms. The van der Waals surface area contributed by atoms with Crippen LogP contribution in [-0.2, 0) is 9.63 Å². The van der Waals surface area contributed by atoms with Gasteiger partial charge in [0, 0.05) is 5.56 Å². The number of nitrogens with zero attached hydrogens (tertiary/aromatic N) is 1. The van der Waals surface area contributed by atoms with Crippen molar-refractivity contribution in [1.82, 2.24) is 0 Å². The van der Waals surface area contributed by atoms with Crippen LogP contribution in [0.2, 0.25) is 0 Å². The SMILES string of the molecule is CCCCOc1ccc(C=C2C(=O)ON=C2c2ccc(-c3ccccc3)cc2)cc1. The molecule has 0 bridgehead atoms. The highest BCUT2D eigenvalue weighted by molar-refractivity contribution is 6.31. The van der Waals surface area contributed by atoms with Crippen molar-refractivity contribution in [2.24, 2.45) is 5.16 Å². The zero-order valence-electron chi connectivity index (χ0n) is 16.9. The van der Waals surface area contributed by atoms with E-state index in [1.54, 1.807) is 6.08 Å². The molecule has 4 rings (SSSR count). The molecule has 1 heterocycles. The normalized spacial score (nSPS) is 14.5. The Morgan fingerprint density at radius 2 is 1.53 bits per heavy atom. The summed E-state index contributed by atoms with van der Waals surface area (Å²) < 4.78 is 5.69. The van der Waals surface area contributed by atoms with E-state index < -0.39 is 5.97 Å². The van der Waals surface area contributed by atoms with Crippen molar-refractivity contribution in [1.29, 1.82) is 0 Å². The number of carbonyl (C=O) groups is 1. The Bertz CT molecular complexity index is 1070. The molecule has 1 aliphatic rings. The number of hydrogen-bond donors (Lipinski definition) is 0. The summed E-state index contributed by atoms with van der Waals surface area (Å²) in [6.07, 6.45) is 3.93. The topological polar surface area (TPSA) is 47.9 Å². The molecule has 0 N–H and O–H groups in total. The largest absolute Gasteiger partial charge is 0.494 e. The monoisotopic (exact) mass is 397 g/mol. The van der Waals surface area contributed by atoms with Crippen LogP contribution in [0.3, 0.4) is 0 Å². The Morgan fingerprint density at radius 1 is 0.867 bits per heavy atom. The molecular weight excluding hydrogens is 374 g/mol. The minimum absolute atomic E-state index is 0.444. The number of hydrogen-bond acceptors (Lipinski definition) is 4. The predicted molar refractivity (Wildman–Crippen MR) is 119 cm³/mol. The first-order chi connectivity index (χ1) is 14.7. The average molecular weight is 397 g/mol. The summed E-state index contributed by atoms with van der Waals surface area (Å²) in [5.41, 5.74) is 4.97. The summed E-state index contributed by atoms with van der Waals surface area (Å²) in [5.74, 6) is 0.380. The van der Waals surface area contributed by atoms with Gasteiger partial charge in [0.15, 0.2) is 0 Å². The van der Waals surface area contributed by atoms with Crippen molar-refractivity contribution in [3.8, 4) is 16.9 Å². The number of benzene rings is 3. The fourth-order valence-corrected chi connectivity index (χ4v) is 3.23. The van der Waals surface area contributed by atoms with Crippen LogP contribution in [0.5, 0.6) is 5.75 Å². The van der Waals surface area contributed by atoms with E-state index in [9.17, 15) is 4.79 Å². The lowest BCUT2D eigenvalue weighted by Crippen LogP contribution is -2.06. The number of unbranched alkanes of at least 4 members (excludes halogenated alkanes) is 1. The summed E-state index contributed by atoms with van der Waals surface area (Å²) in [6.45, 7) is 2.84. The highest BCUT2D eigenvalue weighted by atomic mass is 16.7. The molecule has 0 aliphatic carbocycles. The quantitative estimate of drug-likeness (QED) is 0.284. The minimum atomic E-state index is -0.444. The predicted octanol–water partition coefficient (Wildman–Crippen LogP) is 5.88. The molecular formula is C26H23NO3. The van der Waals surface area contributed by atoms with Crippen molar-refractivity contribution < 1.29 is 14.4 Å². The molecule has 150 valence electrons. The lowest BCUT2D eigenvalue weighted by Gasteiger charge is -2.06. The third-order valence-corrected chi connectivity index (χ3v) is 4.92. The number of oxime groups is 1. The lowest BCUT2D eigenvalue weighted by atomic mass is 9.98. The fourth-order valence-electron chi connectivity index (χ4n) is 3.23. The summed E-state index contributed by atoms with van der Waals surface area (Å²) in [7, 11) is 0. The van der Waals surface area contributed by atoms with Gasteiger partial charge in [0.25, 0.3) is 0 Å². The third-order valence-electron chi connectivity index (χ3n) is 4.92. The van der Waals surface area contributed by atoms with E-state index >= 15 is 0 Å². The second-order valence-electron chi connectivity index (χ2n) is 7.09. The van der Waals surface area contributed by atoms with E-state index in [2.05, 4.69) is 24.2 Å². The van der Waals surface area contributed by atoms with Gasteiger partial charge in [0.05, 0.1) is 12.2 Å². The molecule has 0 amide bonds. The zero-order chi connectivity index (χ0) is 20.8. The van der Waals surface area contributed by atoms with Gasteiger partial charge < -0.3 is 9.57 Å². The molecule has 0 unspecified atom stereocenters. The molecule has 3 aromatic carbocycles. The van der Waals surface area contributed by atoms with Crippen LogP contribution in [-0.4, -0.2) is 18.3 Å². The van der Waals surface area contributed by atoms with E-state index in [0.717, 1.165) is 40.8 Å². The van der Waals surface area contributed by atoms with Gasteiger partial charge in [0.1, 0.15) is 11.5 Å². The van der Waals surface area contributed by atoms with E-state index in [1.165, 1.54) is 0 Å². The lowest BCUT2D eigenvalue weighted by molar-refractivity contribution is -0.136. The Hall–Kier alpha value is -3.66. The first-order valence-corrected chi connectivity index (χ1v) is 10.1. The second kappa shape index (κ2) is 9.23. The van der Waals surface area contributed by atoms with Crippen molar-refractivity contribution in [3.63, 3.8) is 0 Å². The molecule has 0 saturated heterocycles. The van der Waals surface area contributed by atoms with Crippen molar-refractivity contribution in [2.75, 3.05) is 6.61 Å². The van der Waals surface area contributed by atoms with Crippen molar-refractivity contribution >= 4 is 17.8 Å². The summed E-state index contributed by atoms with van der Waals surface area (Å²) in [4.78, 5) is 17.2. The second-order valence-corrected chi connectivity index (χ2v) is 7.09. The zero-order valence-corrected chi connectivity index (χ0v) is 16.9. The Balaban J connectivity index is 1.53. The maximum atomic E-state index is 12.3. The Labute approximate surface area is 176 Å². The molecule has 0 radical (unpaired) electrons. The van der Waals surface area contributed by atoms with Gasteiger partial charge in [-0.25, -0.2) is 4.79 Å². The van der Waals surface area contributed by atoms with E-state index in [-0.39, 0.29) is 0 Å². The maximum Gasteiger partial charge on any atom is 0.368 e. The van der Waals surface area contributed by atoms with Gasteiger partial charge in [-0.1, -0.05) is 85.2 Å². The first-order valence-electron chi connectivity index (χ1n) is 10.1. The van der Waals surface area contributed by atoms with E-state index in [0.29, 0.717) is 17.9 Å². The first kappa shape index (κ1) is 19.6. The van der Waals surface area contributed by atoms with Crippen LogP contribution in [0.4, 0.5) is 0 Å². The molecule has 4 nitrogen and oxygen atoms in total. The molecule has 0 saturated carbocycles. The van der Waals surface area contributed by atoms with Crippen LogP contribution in [0.25, 0.3) is 17.2 Å². The standard InChI is InChI=1S/C26H23NO3/c1-2-3-17-29-23-15-9-19(10-16-23)18-24-25(27-30-26(24)28)22-13-11-21(12-14-22)20-7-5-4-6-8-20/h4-16,18H,2-3,17H2,1H3. The average Bonchev–Trinajstić information content (AvgIpc) is 3.16. The summed E-state index contributed by atoms with van der Waals surface area (Å²) in [6, 6.07) is 25.8. The molecule has 1 aliphatic heterocycles. The maximum absolute atomic E-state index is 12.3. The van der Waals surface area contributed by atoms with E-state index in [4.69, 9.17) is 9.57 Å². The molecule has 0 spiro atoms. The van der Waals surface area contributed by atoms with Crippen LogP contribution in [0, 0.1) is 0 Å². The summed E-state index contributed by atoms with van der Waals surface area (Å²) >= 11 is 0. The molecule has 3 aromatic rings. The van der Waals surface area contributed by atoms with Gasteiger partial charge in [-0.2, -0.15) is 0 Å². The minimum Gasteiger partial charge on any atom is -0.494 e. The number of ether oxygens (including phenoxy) is 1. The van der Waals surface area contributed by atoms with Crippen LogP contribution in [0.15, 0.2) is 89.6 Å². The number of rotatable bonds is 7. The highest BCUT2D eigenvalue weighted by Crippen LogP contribution is 2.25. The van der Waals surface area contributed by atoms with Crippen molar-refractivity contribution in [3.05, 3.63) is 95.6 Å². The van der Waals surface area contributed by atoms with Gasteiger partial charge in [-0.15, -0.1) is 0 Å². The molecule has 0 aromatic heterocycles. The Kier molecular flexibility index (Phi) is 6.04. The number of carbonyl (C=O) groups excluding carboxylic acids is 1. The van der Waals surface area contributed by atoms with Gasteiger partial charge in [0.2, 0.25) is 0 Å². The van der Waals surface area contributed by atoms with Gasteiger partial charge >= 0.3 is 5.97 Å².